The number of alkyl halides is 1. The molecule has 1 aromatic heterocycles. The van der Waals surface area contributed by atoms with Crippen LogP contribution in [0.25, 0.3) is 5.69 Å². The summed E-state index contributed by atoms with van der Waals surface area (Å²) in [5.74, 6) is -2.66. The van der Waals surface area contributed by atoms with E-state index in [9.17, 15) is 30.8 Å². The topological polar surface area (TPSA) is 84.7 Å². The predicted octanol–water partition coefficient (Wildman–Crippen LogP) is 3.57. The van der Waals surface area contributed by atoms with E-state index in [2.05, 4.69) is 5.10 Å². The van der Waals surface area contributed by atoms with Crippen LogP contribution in [0.4, 0.5) is 23.2 Å². The Kier molecular flexibility index (Phi) is 7.63. The van der Waals surface area contributed by atoms with Crippen LogP contribution in [0.2, 0.25) is 0 Å². The van der Waals surface area contributed by atoms with E-state index in [4.69, 9.17) is 4.74 Å². The fraction of sp³-hybridized carbons (Fsp3) is 0.385. The molecular formula is C26H26F4N4O4S. The van der Waals surface area contributed by atoms with Crippen molar-refractivity contribution in [3.63, 3.8) is 0 Å². The molecule has 39 heavy (non-hydrogen) atoms. The average Bonchev–Trinajstić information content (AvgIpc) is 3.30. The molecule has 8 nitrogen and oxygen atoms in total. The molecule has 2 aliphatic rings. The lowest BCUT2D eigenvalue weighted by molar-refractivity contribution is 0.193. The van der Waals surface area contributed by atoms with Crippen molar-refractivity contribution >= 4 is 15.7 Å². The molecule has 0 amide bonds. The van der Waals surface area contributed by atoms with E-state index in [1.165, 1.54) is 34.8 Å². The third-order valence-electron chi connectivity index (χ3n) is 6.85. The first-order chi connectivity index (χ1) is 18.6. The number of rotatable bonds is 7. The maximum absolute atomic E-state index is 13.8. The highest BCUT2D eigenvalue weighted by atomic mass is 32.2. The Labute approximate surface area is 222 Å². The Morgan fingerprint density at radius 1 is 0.923 bits per heavy atom. The Balaban J connectivity index is 1.39. The van der Waals surface area contributed by atoms with Crippen LogP contribution in [0.3, 0.4) is 0 Å². The summed E-state index contributed by atoms with van der Waals surface area (Å²) in [6.45, 7) is 0.624. The van der Waals surface area contributed by atoms with Crippen molar-refractivity contribution in [1.29, 1.82) is 0 Å². The first kappa shape index (κ1) is 27.1. The summed E-state index contributed by atoms with van der Waals surface area (Å²) >= 11 is 0. The summed E-state index contributed by atoms with van der Waals surface area (Å²) in [6, 6.07) is 7.83. The van der Waals surface area contributed by atoms with Gasteiger partial charge in [0.25, 0.3) is 0 Å². The van der Waals surface area contributed by atoms with Gasteiger partial charge in [0.15, 0.2) is 0 Å². The molecule has 208 valence electrons. The van der Waals surface area contributed by atoms with E-state index < -0.39 is 45.3 Å². The van der Waals surface area contributed by atoms with Gasteiger partial charge in [0.1, 0.15) is 35.4 Å². The minimum Gasteiger partial charge on any atom is -0.483 e. The predicted molar refractivity (Wildman–Crippen MR) is 136 cm³/mol. The van der Waals surface area contributed by atoms with Crippen LogP contribution in [0, 0.1) is 17.5 Å². The molecule has 1 aliphatic heterocycles. The lowest BCUT2D eigenvalue weighted by Crippen LogP contribution is -2.49. The van der Waals surface area contributed by atoms with Gasteiger partial charge in [-0.05, 0) is 42.7 Å². The van der Waals surface area contributed by atoms with Gasteiger partial charge in [0, 0.05) is 38.7 Å². The van der Waals surface area contributed by atoms with Crippen LogP contribution >= 0.6 is 0 Å². The highest BCUT2D eigenvalue weighted by Crippen LogP contribution is 2.31. The molecule has 3 aromatic rings. The van der Waals surface area contributed by atoms with Gasteiger partial charge >= 0.3 is 5.56 Å². The molecule has 5 rings (SSSR count). The molecule has 1 saturated carbocycles. The van der Waals surface area contributed by atoms with E-state index >= 15 is 0 Å². The minimum absolute atomic E-state index is 0.102. The Hall–Kier alpha value is -3.45. The standard InChI is InChI=1S/C26H26F4N4O4S/c27-18-3-1-17(2-4-18)16-39(36,37)33-9-7-32(8-10-33)24-15-31-34(22-12-20(29)11-21(30)13-22)26(35)25(24)38-23-6-5-19(28)14-23/h1-4,11-13,15,19,23H,5-10,14,16H2. The Bertz CT molecular complexity index is 1490. The fourth-order valence-electron chi connectivity index (χ4n) is 4.86. The average molecular weight is 567 g/mol. The second-order valence-electron chi connectivity index (χ2n) is 9.62. The lowest BCUT2D eigenvalue weighted by Gasteiger charge is -2.36. The molecule has 2 aromatic carbocycles. The first-order valence-corrected chi connectivity index (χ1v) is 14.1. The molecule has 0 N–H and O–H groups in total. The lowest BCUT2D eigenvalue weighted by atomic mass is 10.2. The SMILES string of the molecule is O=c1c(OC2CCC(F)C2)c(N2CCN(S(=O)(=O)Cc3ccc(F)cc3)CC2)cnn1-c1cc(F)cc(F)c1. The summed E-state index contributed by atoms with van der Waals surface area (Å²) in [5, 5.41) is 4.10. The first-order valence-electron chi connectivity index (χ1n) is 12.5. The normalized spacial score (nSPS) is 20.4. The van der Waals surface area contributed by atoms with Gasteiger partial charge in [-0.25, -0.2) is 26.0 Å². The van der Waals surface area contributed by atoms with Crippen molar-refractivity contribution in [1.82, 2.24) is 14.1 Å². The molecule has 2 fully saturated rings. The smallest absolute Gasteiger partial charge is 0.316 e. The second kappa shape index (κ2) is 11.0. The molecule has 2 unspecified atom stereocenters. The van der Waals surface area contributed by atoms with Gasteiger partial charge < -0.3 is 9.64 Å². The highest BCUT2D eigenvalue weighted by Gasteiger charge is 2.32. The minimum atomic E-state index is -3.69. The quantitative estimate of drug-likeness (QED) is 0.407. The molecular weight excluding hydrogens is 540 g/mol. The number of anilines is 1. The van der Waals surface area contributed by atoms with Crippen molar-refractivity contribution < 1.29 is 30.7 Å². The molecule has 2 heterocycles. The number of hydrogen-bond acceptors (Lipinski definition) is 6. The Morgan fingerprint density at radius 3 is 2.21 bits per heavy atom. The van der Waals surface area contributed by atoms with Gasteiger partial charge in [-0.2, -0.15) is 14.1 Å². The third kappa shape index (κ3) is 6.09. The molecule has 13 heteroatoms. The number of benzene rings is 2. The number of nitrogens with zero attached hydrogens (tertiary/aromatic N) is 4. The maximum atomic E-state index is 13.8. The number of piperazine rings is 1. The number of ether oxygens (including phenoxy) is 1. The summed E-state index contributed by atoms with van der Waals surface area (Å²) in [4.78, 5) is 15.2. The molecule has 0 spiro atoms. The van der Waals surface area contributed by atoms with E-state index in [1.807, 2.05) is 0 Å². The molecule has 2 atom stereocenters. The van der Waals surface area contributed by atoms with Crippen LogP contribution in [0.5, 0.6) is 5.75 Å². The fourth-order valence-corrected chi connectivity index (χ4v) is 6.38. The van der Waals surface area contributed by atoms with Gasteiger partial charge in [-0.1, -0.05) is 12.1 Å². The third-order valence-corrected chi connectivity index (χ3v) is 8.70. The summed E-state index contributed by atoms with van der Waals surface area (Å²) in [5.41, 5.74) is -0.170. The van der Waals surface area contributed by atoms with E-state index in [1.54, 1.807) is 4.90 Å². The van der Waals surface area contributed by atoms with Crippen LogP contribution in [-0.2, 0) is 15.8 Å². The van der Waals surface area contributed by atoms with Gasteiger partial charge in [-0.15, -0.1) is 0 Å². The van der Waals surface area contributed by atoms with Crippen LogP contribution in [0.1, 0.15) is 24.8 Å². The van der Waals surface area contributed by atoms with Crippen molar-refractivity contribution in [2.45, 2.75) is 37.3 Å². The summed E-state index contributed by atoms with van der Waals surface area (Å²) < 4.78 is 88.7. The van der Waals surface area contributed by atoms with E-state index in [-0.39, 0.29) is 55.5 Å². The summed E-state index contributed by atoms with van der Waals surface area (Å²) in [6.07, 6.45) is 0.485. The van der Waals surface area contributed by atoms with Crippen molar-refractivity contribution in [3.8, 4) is 11.4 Å². The number of sulfonamides is 1. The number of aromatic nitrogens is 2. The van der Waals surface area contributed by atoms with Gasteiger partial charge in [-0.3, -0.25) is 4.79 Å². The zero-order chi connectivity index (χ0) is 27.7. The van der Waals surface area contributed by atoms with E-state index in [0.29, 0.717) is 24.5 Å². The second-order valence-corrected chi connectivity index (χ2v) is 11.6. The van der Waals surface area contributed by atoms with Crippen molar-refractivity contribution in [2.75, 3.05) is 31.1 Å². The van der Waals surface area contributed by atoms with Gasteiger partial charge in [0.05, 0.1) is 17.6 Å². The van der Waals surface area contributed by atoms with Crippen LogP contribution in [-0.4, -0.2) is 61.0 Å². The number of hydrogen-bond donors (Lipinski definition) is 0. The molecule has 0 radical (unpaired) electrons. The number of halogens is 4. The highest BCUT2D eigenvalue weighted by molar-refractivity contribution is 7.88. The van der Waals surface area contributed by atoms with Gasteiger partial charge in [0.2, 0.25) is 15.8 Å². The summed E-state index contributed by atoms with van der Waals surface area (Å²) in [7, 11) is -3.69. The van der Waals surface area contributed by atoms with Crippen molar-refractivity contribution in [3.05, 3.63) is 82.0 Å². The molecule has 1 aliphatic carbocycles. The van der Waals surface area contributed by atoms with E-state index in [0.717, 1.165) is 16.8 Å². The van der Waals surface area contributed by atoms with Crippen molar-refractivity contribution in [2.24, 2.45) is 0 Å². The Morgan fingerprint density at radius 2 is 1.59 bits per heavy atom. The molecule has 1 saturated heterocycles. The van der Waals surface area contributed by atoms with Crippen LogP contribution < -0.4 is 15.2 Å². The zero-order valence-corrected chi connectivity index (χ0v) is 21.6. The monoisotopic (exact) mass is 566 g/mol. The largest absolute Gasteiger partial charge is 0.483 e. The van der Waals surface area contributed by atoms with Crippen LogP contribution in [0.15, 0.2) is 53.5 Å². The zero-order valence-electron chi connectivity index (χ0n) is 20.8. The molecule has 0 bridgehead atoms. The maximum Gasteiger partial charge on any atom is 0.316 e.